The molecule has 0 radical (unpaired) electrons. The van der Waals surface area contributed by atoms with Gasteiger partial charge in [-0.3, -0.25) is 0 Å². The van der Waals surface area contributed by atoms with Gasteiger partial charge in [0.25, 0.3) is 6.01 Å². The summed E-state index contributed by atoms with van der Waals surface area (Å²) >= 11 is 0. The lowest BCUT2D eigenvalue weighted by Gasteiger charge is -2.26. The molecule has 0 amide bonds. The molecule has 1 aromatic carbocycles. The summed E-state index contributed by atoms with van der Waals surface area (Å²) in [5, 5.41) is 6.41. The Kier molecular flexibility index (Phi) is 1.67. The standard InChI is InChI=1S/C10H11N3O/c1-2-4-9-8(3-1)13-10(14-9)12-7-5-11-6-7/h1-4,7,11H,5-6H2,(H,12,13). The van der Waals surface area contributed by atoms with Crippen LogP contribution in [0.2, 0.25) is 0 Å². The molecule has 14 heavy (non-hydrogen) atoms. The first kappa shape index (κ1) is 7.82. The van der Waals surface area contributed by atoms with Gasteiger partial charge >= 0.3 is 0 Å². The molecule has 0 spiro atoms. The summed E-state index contributed by atoms with van der Waals surface area (Å²) in [6, 6.07) is 8.86. The molecule has 0 bridgehead atoms. The van der Waals surface area contributed by atoms with Gasteiger partial charge in [-0.2, -0.15) is 4.98 Å². The number of para-hydroxylation sites is 2. The average Bonchev–Trinajstić information content (AvgIpc) is 2.53. The van der Waals surface area contributed by atoms with E-state index in [-0.39, 0.29) is 0 Å². The van der Waals surface area contributed by atoms with Crippen molar-refractivity contribution in [2.24, 2.45) is 0 Å². The predicted octanol–water partition coefficient (Wildman–Crippen LogP) is 1.21. The van der Waals surface area contributed by atoms with Gasteiger partial charge in [0.1, 0.15) is 5.52 Å². The maximum absolute atomic E-state index is 5.52. The van der Waals surface area contributed by atoms with Gasteiger partial charge in [-0.05, 0) is 12.1 Å². The van der Waals surface area contributed by atoms with Gasteiger partial charge in [0, 0.05) is 13.1 Å². The molecule has 1 aromatic heterocycles. The van der Waals surface area contributed by atoms with Gasteiger partial charge in [0.2, 0.25) is 0 Å². The predicted molar refractivity (Wildman–Crippen MR) is 54.3 cm³/mol. The van der Waals surface area contributed by atoms with Crippen molar-refractivity contribution in [2.75, 3.05) is 18.4 Å². The Balaban J connectivity index is 1.89. The summed E-state index contributed by atoms with van der Waals surface area (Å²) in [4.78, 5) is 4.33. The largest absolute Gasteiger partial charge is 0.424 e. The third kappa shape index (κ3) is 1.24. The third-order valence-corrected chi connectivity index (χ3v) is 2.40. The maximum Gasteiger partial charge on any atom is 0.295 e. The lowest BCUT2D eigenvalue weighted by molar-refractivity contribution is 0.457. The molecule has 4 heteroatoms. The van der Waals surface area contributed by atoms with Gasteiger partial charge in [-0.25, -0.2) is 0 Å². The van der Waals surface area contributed by atoms with Crippen molar-refractivity contribution in [3.05, 3.63) is 24.3 Å². The molecule has 1 aliphatic heterocycles. The highest BCUT2D eigenvalue weighted by molar-refractivity contribution is 5.74. The number of nitrogens with one attached hydrogen (secondary N) is 2. The SMILES string of the molecule is c1ccc2oc(NC3CNC3)nc2c1. The first-order valence-corrected chi connectivity index (χ1v) is 4.75. The number of anilines is 1. The van der Waals surface area contributed by atoms with E-state index in [0.717, 1.165) is 24.2 Å². The number of hydrogen-bond donors (Lipinski definition) is 2. The van der Waals surface area contributed by atoms with E-state index in [0.29, 0.717) is 12.1 Å². The fourth-order valence-corrected chi connectivity index (χ4v) is 1.50. The first-order valence-electron chi connectivity index (χ1n) is 4.75. The second-order valence-corrected chi connectivity index (χ2v) is 3.49. The van der Waals surface area contributed by atoms with E-state index in [1.807, 2.05) is 24.3 Å². The molecule has 2 heterocycles. The Hall–Kier alpha value is -1.55. The van der Waals surface area contributed by atoms with E-state index < -0.39 is 0 Å². The van der Waals surface area contributed by atoms with Crippen LogP contribution in [0.1, 0.15) is 0 Å². The summed E-state index contributed by atoms with van der Waals surface area (Å²) in [6.45, 7) is 1.97. The molecule has 3 rings (SSSR count). The topological polar surface area (TPSA) is 50.1 Å². The van der Waals surface area contributed by atoms with Crippen LogP contribution in [-0.4, -0.2) is 24.1 Å². The lowest BCUT2D eigenvalue weighted by Crippen LogP contribution is -2.51. The molecule has 2 N–H and O–H groups in total. The smallest absolute Gasteiger partial charge is 0.295 e. The molecule has 2 aromatic rings. The molecule has 4 nitrogen and oxygen atoms in total. The second-order valence-electron chi connectivity index (χ2n) is 3.49. The normalized spacial score (nSPS) is 16.9. The van der Waals surface area contributed by atoms with Crippen molar-refractivity contribution in [3.8, 4) is 0 Å². The van der Waals surface area contributed by atoms with Crippen molar-refractivity contribution in [3.63, 3.8) is 0 Å². The molecule has 1 fully saturated rings. The van der Waals surface area contributed by atoms with E-state index in [2.05, 4.69) is 15.6 Å². The highest BCUT2D eigenvalue weighted by atomic mass is 16.4. The Labute approximate surface area is 81.3 Å². The van der Waals surface area contributed by atoms with Crippen LogP contribution >= 0.6 is 0 Å². The van der Waals surface area contributed by atoms with Gasteiger partial charge in [0.05, 0.1) is 6.04 Å². The summed E-state index contributed by atoms with van der Waals surface area (Å²) < 4.78 is 5.52. The van der Waals surface area contributed by atoms with Crippen LogP contribution < -0.4 is 10.6 Å². The minimum atomic E-state index is 0.461. The van der Waals surface area contributed by atoms with Gasteiger partial charge in [-0.1, -0.05) is 12.1 Å². The van der Waals surface area contributed by atoms with E-state index >= 15 is 0 Å². The number of aromatic nitrogens is 1. The minimum absolute atomic E-state index is 0.461. The Morgan fingerprint density at radius 1 is 1.36 bits per heavy atom. The van der Waals surface area contributed by atoms with E-state index in [1.54, 1.807) is 0 Å². The monoisotopic (exact) mass is 189 g/mol. The molecule has 0 unspecified atom stereocenters. The molecular formula is C10H11N3O. The number of fused-ring (bicyclic) bond motifs is 1. The fourth-order valence-electron chi connectivity index (χ4n) is 1.50. The molecular weight excluding hydrogens is 178 g/mol. The van der Waals surface area contributed by atoms with Crippen LogP contribution in [0.4, 0.5) is 6.01 Å². The Bertz CT molecular complexity index is 414. The molecule has 0 aliphatic carbocycles. The molecule has 0 saturated carbocycles. The van der Waals surface area contributed by atoms with E-state index in [9.17, 15) is 0 Å². The van der Waals surface area contributed by atoms with Crippen molar-refractivity contribution >= 4 is 17.1 Å². The second kappa shape index (κ2) is 2.99. The Morgan fingerprint density at radius 3 is 2.93 bits per heavy atom. The lowest BCUT2D eigenvalue weighted by atomic mass is 10.2. The number of benzene rings is 1. The number of oxazole rings is 1. The van der Waals surface area contributed by atoms with Crippen LogP contribution in [0.15, 0.2) is 28.7 Å². The van der Waals surface area contributed by atoms with Crippen LogP contribution in [0.25, 0.3) is 11.1 Å². The quantitative estimate of drug-likeness (QED) is 0.745. The Morgan fingerprint density at radius 2 is 2.21 bits per heavy atom. The molecule has 1 aliphatic rings. The highest BCUT2D eigenvalue weighted by Gasteiger charge is 2.18. The van der Waals surface area contributed by atoms with E-state index in [1.165, 1.54) is 0 Å². The zero-order chi connectivity index (χ0) is 9.38. The third-order valence-electron chi connectivity index (χ3n) is 2.40. The van der Waals surface area contributed by atoms with Crippen LogP contribution in [-0.2, 0) is 0 Å². The zero-order valence-corrected chi connectivity index (χ0v) is 7.66. The molecule has 1 saturated heterocycles. The van der Waals surface area contributed by atoms with Gasteiger partial charge < -0.3 is 15.1 Å². The fraction of sp³-hybridized carbons (Fsp3) is 0.300. The maximum atomic E-state index is 5.52. The number of hydrogen-bond acceptors (Lipinski definition) is 4. The van der Waals surface area contributed by atoms with Gasteiger partial charge in [-0.15, -0.1) is 0 Å². The highest BCUT2D eigenvalue weighted by Crippen LogP contribution is 2.18. The zero-order valence-electron chi connectivity index (χ0n) is 7.66. The van der Waals surface area contributed by atoms with Crippen LogP contribution in [0.5, 0.6) is 0 Å². The van der Waals surface area contributed by atoms with Crippen molar-refractivity contribution in [1.82, 2.24) is 10.3 Å². The van der Waals surface area contributed by atoms with Crippen LogP contribution in [0, 0.1) is 0 Å². The summed E-state index contributed by atoms with van der Waals surface area (Å²) in [6.07, 6.45) is 0. The average molecular weight is 189 g/mol. The van der Waals surface area contributed by atoms with Crippen LogP contribution in [0.3, 0.4) is 0 Å². The molecule has 0 atom stereocenters. The summed E-state index contributed by atoms with van der Waals surface area (Å²) in [5.74, 6) is 0. The van der Waals surface area contributed by atoms with Gasteiger partial charge in [0.15, 0.2) is 5.58 Å². The van der Waals surface area contributed by atoms with Crippen molar-refractivity contribution in [2.45, 2.75) is 6.04 Å². The van der Waals surface area contributed by atoms with E-state index in [4.69, 9.17) is 4.42 Å². The number of nitrogens with zero attached hydrogens (tertiary/aromatic N) is 1. The number of rotatable bonds is 2. The van der Waals surface area contributed by atoms with Crippen molar-refractivity contribution in [1.29, 1.82) is 0 Å². The van der Waals surface area contributed by atoms with Crippen molar-refractivity contribution < 1.29 is 4.42 Å². The summed E-state index contributed by atoms with van der Waals surface area (Å²) in [7, 11) is 0. The summed E-state index contributed by atoms with van der Waals surface area (Å²) in [5.41, 5.74) is 1.74. The first-order chi connectivity index (χ1) is 6.92. The molecule has 72 valence electrons. The minimum Gasteiger partial charge on any atom is -0.424 e.